The quantitative estimate of drug-likeness (QED) is 0.707. The summed E-state index contributed by atoms with van der Waals surface area (Å²) in [6.45, 7) is 1.47. The summed E-state index contributed by atoms with van der Waals surface area (Å²) in [6, 6.07) is 6.66. The van der Waals surface area contributed by atoms with Crippen LogP contribution in [0.3, 0.4) is 0 Å². The molecule has 0 amide bonds. The Labute approximate surface area is 82.8 Å². The van der Waals surface area contributed by atoms with Gasteiger partial charge in [-0.25, -0.2) is 4.39 Å². The van der Waals surface area contributed by atoms with Crippen molar-refractivity contribution in [3.63, 3.8) is 0 Å². The molecule has 1 saturated heterocycles. The number of piperidine rings is 1. The fraction of sp³-hybridized carbons (Fsp3) is 0.455. The number of aliphatic hydroxyl groups excluding tert-OH is 1. The second kappa shape index (κ2) is 4.07. The molecule has 0 radical (unpaired) electrons. The maximum absolute atomic E-state index is 13.4. The molecule has 2 atom stereocenters. The fourth-order valence-electron chi connectivity index (χ4n) is 1.94. The summed E-state index contributed by atoms with van der Waals surface area (Å²) in [6.07, 6.45) is 0.270. The van der Waals surface area contributed by atoms with Crippen molar-refractivity contribution in [1.29, 1.82) is 0 Å². The van der Waals surface area contributed by atoms with Crippen LogP contribution in [0.2, 0.25) is 0 Å². The van der Waals surface area contributed by atoms with Gasteiger partial charge in [0.1, 0.15) is 5.82 Å². The molecule has 0 spiro atoms. The number of hydrogen-bond donors (Lipinski definition) is 2. The lowest BCUT2D eigenvalue weighted by Crippen LogP contribution is -2.38. The third-order valence-corrected chi connectivity index (χ3v) is 2.75. The van der Waals surface area contributed by atoms with Gasteiger partial charge in [0.2, 0.25) is 0 Å². The van der Waals surface area contributed by atoms with E-state index in [1.54, 1.807) is 18.2 Å². The van der Waals surface area contributed by atoms with Crippen molar-refractivity contribution in [1.82, 2.24) is 5.32 Å². The largest absolute Gasteiger partial charge is 0.392 e. The van der Waals surface area contributed by atoms with Crippen molar-refractivity contribution in [3.8, 4) is 0 Å². The zero-order chi connectivity index (χ0) is 9.97. The summed E-state index contributed by atoms with van der Waals surface area (Å²) in [5.41, 5.74) is 0.618. The molecule has 14 heavy (non-hydrogen) atoms. The van der Waals surface area contributed by atoms with E-state index in [0.29, 0.717) is 18.5 Å². The molecule has 1 heterocycles. The molecule has 0 saturated carbocycles. The highest BCUT2D eigenvalue weighted by molar-refractivity contribution is 5.23. The van der Waals surface area contributed by atoms with Gasteiger partial charge in [-0.05, 0) is 24.6 Å². The van der Waals surface area contributed by atoms with E-state index in [9.17, 15) is 9.50 Å². The van der Waals surface area contributed by atoms with Crippen LogP contribution in [-0.4, -0.2) is 24.3 Å². The summed E-state index contributed by atoms with van der Waals surface area (Å²) in [7, 11) is 0. The summed E-state index contributed by atoms with van der Waals surface area (Å²) in [5.74, 6) is -0.329. The molecule has 0 aromatic heterocycles. The van der Waals surface area contributed by atoms with Gasteiger partial charge >= 0.3 is 0 Å². The second-order valence-corrected chi connectivity index (χ2v) is 3.69. The molecule has 2 nitrogen and oxygen atoms in total. The highest BCUT2D eigenvalue weighted by Crippen LogP contribution is 2.25. The van der Waals surface area contributed by atoms with Crippen LogP contribution < -0.4 is 5.32 Å². The molecule has 76 valence electrons. The average Bonchev–Trinajstić information content (AvgIpc) is 2.20. The Morgan fingerprint density at radius 2 is 2.14 bits per heavy atom. The number of aliphatic hydroxyl groups is 1. The molecule has 0 bridgehead atoms. The van der Waals surface area contributed by atoms with Crippen molar-refractivity contribution in [2.75, 3.05) is 13.1 Å². The van der Waals surface area contributed by atoms with Crippen LogP contribution in [0.1, 0.15) is 17.9 Å². The topological polar surface area (TPSA) is 32.3 Å². The summed E-state index contributed by atoms with van der Waals surface area (Å²) >= 11 is 0. The maximum Gasteiger partial charge on any atom is 0.126 e. The smallest absolute Gasteiger partial charge is 0.126 e. The monoisotopic (exact) mass is 195 g/mol. The molecule has 1 aliphatic rings. The van der Waals surface area contributed by atoms with Crippen LogP contribution in [0.25, 0.3) is 0 Å². The van der Waals surface area contributed by atoms with E-state index < -0.39 is 6.10 Å². The minimum Gasteiger partial charge on any atom is -0.392 e. The first-order valence-electron chi connectivity index (χ1n) is 4.92. The van der Waals surface area contributed by atoms with Gasteiger partial charge in [-0.15, -0.1) is 0 Å². The third kappa shape index (κ3) is 1.79. The van der Waals surface area contributed by atoms with Gasteiger partial charge in [-0.3, -0.25) is 0 Å². The lowest BCUT2D eigenvalue weighted by molar-refractivity contribution is 0.113. The van der Waals surface area contributed by atoms with E-state index in [1.165, 1.54) is 6.07 Å². The molecule has 2 N–H and O–H groups in total. The average molecular weight is 195 g/mol. The minimum atomic E-state index is -0.423. The number of rotatable bonds is 1. The van der Waals surface area contributed by atoms with E-state index in [1.807, 2.05) is 0 Å². The first-order chi connectivity index (χ1) is 6.79. The van der Waals surface area contributed by atoms with Crippen molar-refractivity contribution >= 4 is 0 Å². The number of nitrogens with one attached hydrogen (secondary N) is 1. The van der Waals surface area contributed by atoms with Crippen LogP contribution in [-0.2, 0) is 0 Å². The van der Waals surface area contributed by atoms with Gasteiger partial charge in [-0.1, -0.05) is 18.2 Å². The van der Waals surface area contributed by atoms with E-state index in [-0.39, 0.29) is 11.7 Å². The van der Waals surface area contributed by atoms with Gasteiger partial charge < -0.3 is 10.4 Å². The molecule has 1 aromatic carbocycles. The van der Waals surface area contributed by atoms with Crippen LogP contribution in [0.4, 0.5) is 4.39 Å². The van der Waals surface area contributed by atoms with Crippen molar-refractivity contribution < 1.29 is 9.50 Å². The molecular weight excluding hydrogens is 181 g/mol. The lowest BCUT2D eigenvalue weighted by Gasteiger charge is -2.28. The van der Waals surface area contributed by atoms with E-state index in [2.05, 4.69) is 5.32 Å². The normalized spacial score (nSPS) is 27.6. The van der Waals surface area contributed by atoms with Gasteiger partial charge in [0, 0.05) is 12.5 Å². The van der Waals surface area contributed by atoms with E-state index in [4.69, 9.17) is 0 Å². The van der Waals surface area contributed by atoms with Crippen LogP contribution in [0.5, 0.6) is 0 Å². The number of benzene rings is 1. The molecule has 0 aliphatic carbocycles. The van der Waals surface area contributed by atoms with E-state index in [0.717, 1.165) is 6.54 Å². The van der Waals surface area contributed by atoms with Crippen molar-refractivity contribution in [3.05, 3.63) is 35.6 Å². The fourth-order valence-corrected chi connectivity index (χ4v) is 1.94. The molecule has 1 aromatic rings. The zero-order valence-corrected chi connectivity index (χ0v) is 7.91. The van der Waals surface area contributed by atoms with Crippen LogP contribution >= 0.6 is 0 Å². The van der Waals surface area contributed by atoms with Gasteiger partial charge in [0.05, 0.1) is 6.10 Å². The lowest BCUT2D eigenvalue weighted by atomic mass is 9.89. The molecule has 2 unspecified atom stereocenters. The SMILES string of the molecule is OC1CCNCC1c1ccccc1F. The molecule has 2 rings (SSSR count). The molecule has 1 fully saturated rings. The second-order valence-electron chi connectivity index (χ2n) is 3.69. The van der Waals surface area contributed by atoms with Crippen molar-refractivity contribution in [2.45, 2.75) is 18.4 Å². The maximum atomic E-state index is 13.4. The summed E-state index contributed by atoms with van der Waals surface area (Å²) in [5, 5.41) is 12.9. The van der Waals surface area contributed by atoms with Crippen LogP contribution in [0.15, 0.2) is 24.3 Å². The number of halogens is 1. The summed E-state index contributed by atoms with van der Waals surface area (Å²) < 4.78 is 13.4. The van der Waals surface area contributed by atoms with Crippen molar-refractivity contribution in [2.24, 2.45) is 0 Å². The standard InChI is InChI=1S/C11H14FNO/c12-10-4-2-1-3-8(10)9-7-13-6-5-11(9)14/h1-4,9,11,13-14H,5-7H2. The van der Waals surface area contributed by atoms with E-state index >= 15 is 0 Å². The Kier molecular flexibility index (Phi) is 2.79. The molecule has 1 aliphatic heterocycles. The zero-order valence-electron chi connectivity index (χ0n) is 7.91. The molecule has 3 heteroatoms. The van der Waals surface area contributed by atoms with Gasteiger partial charge in [-0.2, -0.15) is 0 Å². The Morgan fingerprint density at radius 3 is 2.86 bits per heavy atom. The highest BCUT2D eigenvalue weighted by Gasteiger charge is 2.26. The Bertz CT molecular complexity index is 316. The predicted octanol–water partition coefficient (Wildman–Crippen LogP) is 1.26. The predicted molar refractivity (Wildman–Crippen MR) is 52.6 cm³/mol. The van der Waals surface area contributed by atoms with Gasteiger partial charge in [0.25, 0.3) is 0 Å². The third-order valence-electron chi connectivity index (χ3n) is 2.75. The minimum absolute atomic E-state index is 0.107. The first kappa shape index (κ1) is 9.62. The summed E-state index contributed by atoms with van der Waals surface area (Å²) in [4.78, 5) is 0. The number of hydrogen-bond acceptors (Lipinski definition) is 2. The van der Waals surface area contributed by atoms with Gasteiger partial charge in [0.15, 0.2) is 0 Å². The first-order valence-corrected chi connectivity index (χ1v) is 4.92. The Morgan fingerprint density at radius 1 is 1.36 bits per heavy atom. The molecular formula is C11H14FNO. The Balaban J connectivity index is 2.25. The highest BCUT2D eigenvalue weighted by atomic mass is 19.1. The Hall–Kier alpha value is -0.930. The van der Waals surface area contributed by atoms with Crippen LogP contribution in [0, 0.1) is 5.82 Å².